The maximum absolute atomic E-state index is 13.9. The summed E-state index contributed by atoms with van der Waals surface area (Å²) in [6.07, 6.45) is 9.45. The molecule has 1 aromatic heterocycles. The maximum atomic E-state index is 13.9. The van der Waals surface area contributed by atoms with Gasteiger partial charge in [0.1, 0.15) is 17.6 Å². The van der Waals surface area contributed by atoms with Crippen LogP contribution in [0.3, 0.4) is 0 Å². The van der Waals surface area contributed by atoms with Crippen molar-refractivity contribution in [3.63, 3.8) is 0 Å². The van der Waals surface area contributed by atoms with Crippen molar-refractivity contribution >= 4 is 28.5 Å². The van der Waals surface area contributed by atoms with Crippen LogP contribution in [0.2, 0.25) is 0 Å². The summed E-state index contributed by atoms with van der Waals surface area (Å²) >= 11 is 0. The summed E-state index contributed by atoms with van der Waals surface area (Å²) in [5.74, 6) is 1.02. The average molecular weight is 569 g/mol. The maximum Gasteiger partial charge on any atom is 0.243 e. The Morgan fingerprint density at radius 1 is 1.07 bits per heavy atom. The number of carbonyl (C=O) groups is 3. The number of aromatic amines is 1. The van der Waals surface area contributed by atoms with Crippen molar-refractivity contribution in [3.05, 3.63) is 29.5 Å². The van der Waals surface area contributed by atoms with Crippen molar-refractivity contribution in [1.82, 2.24) is 20.5 Å². The molecule has 2 aliphatic rings. The summed E-state index contributed by atoms with van der Waals surface area (Å²) in [6.45, 7) is 6.51. The molecule has 0 bridgehead atoms. The highest BCUT2D eigenvalue weighted by molar-refractivity contribution is 5.93. The number of nitrogens with zero attached hydrogens (tertiary/aromatic N) is 1. The zero-order chi connectivity index (χ0) is 29.2. The first-order chi connectivity index (χ1) is 19.9. The molecule has 2 atom stereocenters. The second-order valence-corrected chi connectivity index (χ2v) is 11.7. The fourth-order valence-corrected chi connectivity index (χ4v) is 6.35. The molecule has 0 spiro atoms. The topological polar surface area (TPSA) is 113 Å². The van der Waals surface area contributed by atoms with E-state index >= 15 is 0 Å². The van der Waals surface area contributed by atoms with Crippen LogP contribution < -0.4 is 15.4 Å². The monoisotopic (exact) mass is 568 g/mol. The van der Waals surface area contributed by atoms with Crippen LogP contribution >= 0.6 is 0 Å². The van der Waals surface area contributed by atoms with Crippen molar-refractivity contribution in [2.45, 2.75) is 96.7 Å². The molecule has 9 nitrogen and oxygen atoms in total. The van der Waals surface area contributed by atoms with E-state index < -0.39 is 6.04 Å². The van der Waals surface area contributed by atoms with E-state index in [0.29, 0.717) is 32.0 Å². The summed E-state index contributed by atoms with van der Waals surface area (Å²) in [7, 11) is 1.63. The lowest BCUT2D eigenvalue weighted by molar-refractivity contribution is -0.131. The molecule has 1 saturated heterocycles. The Labute approximate surface area is 244 Å². The van der Waals surface area contributed by atoms with Crippen LogP contribution in [-0.2, 0) is 25.5 Å². The summed E-state index contributed by atoms with van der Waals surface area (Å²) < 4.78 is 11.0. The van der Waals surface area contributed by atoms with E-state index in [1.165, 1.54) is 19.3 Å². The second-order valence-electron chi connectivity index (χ2n) is 11.7. The van der Waals surface area contributed by atoms with Crippen molar-refractivity contribution in [1.29, 1.82) is 0 Å². The van der Waals surface area contributed by atoms with Crippen molar-refractivity contribution in [3.8, 4) is 5.75 Å². The molecule has 9 heteroatoms. The Morgan fingerprint density at radius 3 is 2.54 bits per heavy atom. The number of carbonyl (C=O) groups excluding carboxylic acids is 3. The minimum atomic E-state index is -0.632. The molecule has 1 aliphatic heterocycles. The van der Waals surface area contributed by atoms with Crippen LogP contribution in [0.1, 0.15) is 82.4 Å². The summed E-state index contributed by atoms with van der Waals surface area (Å²) in [5.41, 5.74) is 2.79. The van der Waals surface area contributed by atoms with E-state index in [4.69, 9.17) is 9.47 Å². The van der Waals surface area contributed by atoms with Gasteiger partial charge in [0.05, 0.1) is 32.9 Å². The SMILES string of the molecule is COc1ccc2[nH]c(C)c(CC(=O)NC(CCCCCC(C)=O)C(=O)NC(C3CCCCC3)N3CCOCC3)c2c1. The van der Waals surface area contributed by atoms with Crippen LogP contribution in [0.25, 0.3) is 10.9 Å². The smallest absolute Gasteiger partial charge is 0.243 e. The van der Waals surface area contributed by atoms with Crippen molar-refractivity contribution < 1.29 is 23.9 Å². The molecule has 0 radical (unpaired) electrons. The van der Waals surface area contributed by atoms with Gasteiger partial charge in [-0.25, -0.2) is 0 Å². The third-order valence-corrected chi connectivity index (χ3v) is 8.66. The first-order valence-electron chi connectivity index (χ1n) is 15.4. The van der Waals surface area contributed by atoms with Crippen molar-refractivity contribution in [2.75, 3.05) is 33.4 Å². The number of benzene rings is 1. The molecule has 1 aromatic carbocycles. The molecule has 226 valence electrons. The number of unbranched alkanes of at least 4 members (excludes halogenated alkanes) is 2. The number of rotatable bonds is 14. The number of morpholine rings is 1. The summed E-state index contributed by atoms with van der Waals surface area (Å²) in [5, 5.41) is 7.41. The van der Waals surface area contributed by atoms with Crippen LogP contribution in [0.15, 0.2) is 18.2 Å². The van der Waals surface area contributed by atoms with E-state index in [0.717, 1.165) is 73.1 Å². The zero-order valence-electron chi connectivity index (χ0n) is 25.1. The first-order valence-corrected chi connectivity index (χ1v) is 15.4. The molecular formula is C32H48N4O5. The summed E-state index contributed by atoms with van der Waals surface area (Å²) in [6, 6.07) is 5.16. The number of amides is 2. The fourth-order valence-electron chi connectivity index (χ4n) is 6.35. The van der Waals surface area contributed by atoms with Crippen LogP contribution in [0, 0.1) is 12.8 Å². The predicted molar refractivity (Wildman–Crippen MR) is 160 cm³/mol. The zero-order valence-corrected chi connectivity index (χ0v) is 25.1. The Hall–Kier alpha value is -2.91. The summed E-state index contributed by atoms with van der Waals surface area (Å²) in [4.78, 5) is 44.4. The molecule has 2 fully saturated rings. The van der Waals surface area contributed by atoms with Gasteiger partial charge < -0.3 is 29.9 Å². The van der Waals surface area contributed by atoms with Gasteiger partial charge in [0.2, 0.25) is 11.8 Å². The van der Waals surface area contributed by atoms with E-state index in [9.17, 15) is 14.4 Å². The van der Waals surface area contributed by atoms with Crippen LogP contribution in [0.5, 0.6) is 5.75 Å². The number of Topliss-reactive ketones (excluding diaryl/α,β-unsaturated/α-hetero) is 1. The molecular weight excluding hydrogens is 520 g/mol. The number of methoxy groups -OCH3 is 1. The number of ether oxygens (including phenoxy) is 2. The normalized spacial score (nSPS) is 18.1. The van der Waals surface area contributed by atoms with Crippen LogP contribution in [-0.4, -0.2) is 73.1 Å². The largest absolute Gasteiger partial charge is 0.497 e. The minimum absolute atomic E-state index is 0.0489. The molecule has 2 unspecified atom stereocenters. The van der Waals surface area contributed by atoms with E-state index in [1.54, 1.807) is 14.0 Å². The predicted octanol–water partition coefficient (Wildman–Crippen LogP) is 4.41. The highest BCUT2D eigenvalue weighted by Crippen LogP contribution is 2.29. The molecule has 3 N–H and O–H groups in total. The number of ketones is 1. The number of fused-ring (bicyclic) bond motifs is 1. The van der Waals surface area contributed by atoms with Gasteiger partial charge in [0.25, 0.3) is 0 Å². The van der Waals surface area contributed by atoms with Crippen LogP contribution in [0.4, 0.5) is 0 Å². The molecule has 4 rings (SSSR count). The molecule has 1 saturated carbocycles. The third kappa shape index (κ3) is 8.79. The Kier molecular flexibility index (Phi) is 11.6. The lowest BCUT2D eigenvalue weighted by atomic mass is 9.86. The number of nitrogens with one attached hydrogen (secondary N) is 3. The van der Waals surface area contributed by atoms with Gasteiger partial charge in [-0.05, 0) is 69.2 Å². The van der Waals surface area contributed by atoms with Gasteiger partial charge in [-0.15, -0.1) is 0 Å². The number of hydrogen-bond acceptors (Lipinski definition) is 6. The van der Waals surface area contributed by atoms with E-state index in [2.05, 4.69) is 20.5 Å². The number of aryl methyl sites for hydroxylation is 1. The van der Waals surface area contributed by atoms with Gasteiger partial charge in [-0.2, -0.15) is 0 Å². The highest BCUT2D eigenvalue weighted by Gasteiger charge is 2.33. The van der Waals surface area contributed by atoms with Gasteiger partial charge in [0, 0.05) is 36.1 Å². The second kappa shape index (κ2) is 15.4. The lowest BCUT2D eigenvalue weighted by Gasteiger charge is -2.41. The number of hydrogen-bond donors (Lipinski definition) is 3. The van der Waals surface area contributed by atoms with Crippen molar-refractivity contribution in [2.24, 2.45) is 5.92 Å². The molecule has 41 heavy (non-hydrogen) atoms. The quantitative estimate of drug-likeness (QED) is 0.291. The Balaban J connectivity index is 1.47. The Bertz CT molecular complexity index is 1150. The minimum Gasteiger partial charge on any atom is -0.497 e. The third-order valence-electron chi connectivity index (χ3n) is 8.66. The van der Waals surface area contributed by atoms with Gasteiger partial charge in [-0.1, -0.05) is 32.1 Å². The van der Waals surface area contributed by atoms with E-state index in [1.807, 2.05) is 25.1 Å². The number of H-pyrrole nitrogens is 1. The lowest BCUT2D eigenvalue weighted by Crippen LogP contribution is -2.59. The highest BCUT2D eigenvalue weighted by atomic mass is 16.5. The standard InChI is InChI=1S/C32H48N4O5/c1-22(37)10-6-4-9-13-29(32(39)35-31(24-11-7-5-8-12-24)36-16-18-41-19-17-36)34-30(38)21-26-23(2)33-28-15-14-25(40-3)20-27(26)28/h14-15,20,24,29,31,33H,4-13,16-19,21H2,1-3H3,(H,34,38)(H,35,39). The molecule has 1 aliphatic carbocycles. The fraction of sp³-hybridized carbons (Fsp3) is 0.656. The van der Waals surface area contributed by atoms with Gasteiger partial charge in [-0.3, -0.25) is 14.5 Å². The average Bonchev–Trinajstić information content (AvgIpc) is 3.29. The molecule has 2 heterocycles. The first kappa shape index (κ1) is 31.0. The van der Waals surface area contributed by atoms with Gasteiger partial charge >= 0.3 is 0 Å². The Morgan fingerprint density at radius 2 is 1.83 bits per heavy atom. The number of aromatic nitrogens is 1. The van der Waals surface area contributed by atoms with Gasteiger partial charge in [0.15, 0.2) is 0 Å². The molecule has 2 aromatic rings. The molecule has 2 amide bonds. The van der Waals surface area contributed by atoms with E-state index in [-0.39, 0.29) is 30.2 Å².